The minimum atomic E-state index is 0.161. The van der Waals surface area contributed by atoms with Crippen molar-refractivity contribution < 1.29 is 0 Å². The topological polar surface area (TPSA) is 26.0 Å². The molecule has 0 aliphatic heterocycles. The molecule has 0 aromatic heterocycles. The Labute approximate surface area is 120 Å². The van der Waals surface area contributed by atoms with Gasteiger partial charge >= 0.3 is 0 Å². The van der Waals surface area contributed by atoms with Crippen LogP contribution in [0.5, 0.6) is 0 Å². The van der Waals surface area contributed by atoms with Gasteiger partial charge in [-0.05, 0) is 58.7 Å². The van der Waals surface area contributed by atoms with E-state index in [2.05, 4.69) is 70.6 Å². The molecule has 0 aliphatic rings. The van der Waals surface area contributed by atoms with Gasteiger partial charge in [0.1, 0.15) is 0 Å². The second-order valence-corrected chi connectivity index (χ2v) is 6.27. The Morgan fingerprint density at radius 2 is 1.94 bits per heavy atom. The monoisotopic (exact) mass is 395 g/mol. The van der Waals surface area contributed by atoms with Crippen LogP contribution in [0.25, 0.3) is 0 Å². The van der Waals surface area contributed by atoms with E-state index in [4.69, 9.17) is 5.73 Å². The van der Waals surface area contributed by atoms with E-state index in [1.807, 2.05) is 0 Å². The maximum Gasteiger partial charge on any atom is 0.0308 e. The fourth-order valence-electron chi connectivity index (χ4n) is 1.91. The highest BCUT2D eigenvalue weighted by Crippen LogP contribution is 2.28. The molecule has 0 radical (unpaired) electrons. The first-order chi connectivity index (χ1) is 7.58. The maximum atomic E-state index is 6.29. The van der Waals surface area contributed by atoms with Gasteiger partial charge in [-0.2, -0.15) is 0 Å². The van der Waals surface area contributed by atoms with E-state index in [0.29, 0.717) is 0 Å². The van der Waals surface area contributed by atoms with Crippen LogP contribution >= 0.6 is 38.5 Å². The van der Waals surface area contributed by atoms with E-state index in [9.17, 15) is 0 Å². The Morgan fingerprint density at radius 3 is 2.50 bits per heavy atom. The minimum Gasteiger partial charge on any atom is -0.324 e. The number of hydrogen-bond acceptors (Lipinski definition) is 1. The molecule has 1 aromatic carbocycles. The molecule has 1 unspecified atom stereocenters. The summed E-state index contributed by atoms with van der Waals surface area (Å²) in [6.07, 6.45) is 3.52. The standard InChI is InChI=1S/C13H19BrIN/c1-3-9(4-2)7-13(16)11-8-10(14)5-6-12(11)15/h5-6,8-9,13H,3-4,7,16H2,1-2H3. The predicted octanol–water partition coefficient (Wildman–Crippen LogP) is 4.88. The van der Waals surface area contributed by atoms with Gasteiger partial charge in [0.2, 0.25) is 0 Å². The summed E-state index contributed by atoms with van der Waals surface area (Å²) >= 11 is 5.87. The first kappa shape index (κ1) is 14.5. The molecule has 16 heavy (non-hydrogen) atoms. The van der Waals surface area contributed by atoms with Crippen LogP contribution in [-0.4, -0.2) is 0 Å². The first-order valence-electron chi connectivity index (χ1n) is 5.79. The van der Waals surface area contributed by atoms with Crippen molar-refractivity contribution in [2.75, 3.05) is 0 Å². The van der Waals surface area contributed by atoms with Crippen LogP contribution in [0.1, 0.15) is 44.7 Å². The van der Waals surface area contributed by atoms with E-state index in [1.54, 1.807) is 0 Å². The third-order valence-corrected chi connectivity index (χ3v) is 4.58. The lowest BCUT2D eigenvalue weighted by atomic mass is 9.92. The summed E-state index contributed by atoms with van der Waals surface area (Å²) in [5.41, 5.74) is 7.56. The average Bonchev–Trinajstić information content (AvgIpc) is 2.28. The summed E-state index contributed by atoms with van der Waals surface area (Å²) in [6.45, 7) is 4.49. The van der Waals surface area contributed by atoms with Gasteiger partial charge in [0.15, 0.2) is 0 Å². The van der Waals surface area contributed by atoms with E-state index in [0.717, 1.165) is 16.8 Å². The van der Waals surface area contributed by atoms with Gasteiger partial charge in [0.05, 0.1) is 0 Å². The molecule has 0 heterocycles. The molecule has 0 fully saturated rings. The zero-order chi connectivity index (χ0) is 12.1. The molecule has 0 saturated heterocycles. The molecule has 3 heteroatoms. The zero-order valence-electron chi connectivity index (χ0n) is 9.84. The highest BCUT2D eigenvalue weighted by atomic mass is 127. The lowest BCUT2D eigenvalue weighted by Gasteiger charge is -2.19. The van der Waals surface area contributed by atoms with E-state index < -0.39 is 0 Å². The maximum absolute atomic E-state index is 6.29. The molecule has 2 N–H and O–H groups in total. The fraction of sp³-hybridized carbons (Fsp3) is 0.538. The average molecular weight is 396 g/mol. The summed E-state index contributed by atoms with van der Waals surface area (Å²) in [4.78, 5) is 0. The Morgan fingerprint density at radius 1 is 1.31 bits per heavy atom. The van der Waals surface area contributed by atoms with Gasteiger partial charge in [-0.25, -0.2) is 0 Å². The van der Waals surface area contributed by atoms with Crippen LogP contribution in [0.2, 0.25) is 0 Å². The molecule has 1 aromatic rings. The van der Waals surface area contributed by atoms with E-state index >= 15 is 0 Å². The molecule has 1 atom stereocenters. The molecular formula is C13H19BrIN. The molecule has 0 saturated carbocycles. The zero-order valence-corrected chi connectivity index (χ0v) is 13.6. The van der Waals surface area contributed by atoms with Crippen LogP contribution in [0, 0.1) is 9.49 Å². The van der Waals surface area contributed by atoms with E-state index in [-0.39, 0.29) is 6.04 Å². The summed E-state index contributed by atoms with van der Waals surface area (Å²) in [5, 5.41) is 0. The predicted molar refractivity (Wildman–Crippen MR) is 82.5 cm³/mol. The molecule has 90 valence electrons. The SMILES string of the molecule is CCC(CC)CC(N)c1cc(Br)ccc1I. The number of halogens is 2. The summed E-state index contributed by atoms with van der Waals surface area (Å²) in [7, 11) is 0. The highest BCUT2D eigenvalue weighted by molar-refractivity contribution is 14.1. The number of benzene rings is 1. The lowest BCUT2D eigenvalue weighted by molar-refractivity contribution is 0.414. The van der Waals surface area contributed by atoms with Gasteiger partial charge in [-0.15, -0.1) is 0 Å². The molecular weight excluding hydrogens is 377 g/mol. The third-order valence-electron chi connectivity index (χ3n) is 3.10. The lowest BCUT2D eigenvalue weighted by Crippen LogP contribution is -2.16. The third kappa shape index (κ3) is 4.00. The van der Waals surface area contributed by atoms with Gasteiger partial charge in [0.25, 0.3) is 0 Å². The van der Waals surface area contributed by atoms with Crippen LogP contribution < -0.4 is 5.73 Å². The van der Waals surface area contributed by atoms with Gasteiger partial charge in [-0.3, -0.25) is 0 Å². The normalized spacial score (nSPS) is 13.1. The Hall–Kier alpha value is 0.390. The Kier molecular flexibility index (Phi) is 6.29. The first-order valence-corrected chi connectivity index (χ1v) is 7.66. The van der Waals surface area contributed by atoms with Crippen LogP contribution in [0.3, 0.4) is 0 Å². The number of rotatable bonds is 5. The Bertz CT molecular complexity index is 337. The second kappa shape index (κ2) is 6.97. The van der Waals surface area contributed by atoms with Crippen LogP contribution in [0.4, 0.5) is 0 Å². The van der Waals surface area contributed by atoms with Crippen molar-refractivity contribution in [1.82, 2.24) is 0 Å². The van der Waals surface area contributed by atoms with Crippen LogP contribution in [0.15, 0.2) is 22.7 Å². The van der Waals surface area contributed by atoms with E-state index in [1.165, 1.54) is 22.0 Å². The molecule has 0 bridgehead atoms. The van der Waals surface area contributed by atoms with Crippen molar-refractivity contribution in [3.05, 3.63) is 31.8 Å². The van der Waals surface area contributed by atoms with Crippen molar-refractivity contribution in [2.24, 2.45) is 11.7 Å². The van der Waals surface area contributed by atoms with Crippen molar-refractivity contribution in [3.8, 4) is 0 Å². The van der Waals surface area contributed by atoms with Crippen molar-refractivity contribution in [2.45, 2.75) is 39.2 Å². The molecule has 0 amide bonds. The van der Waals surface area contributed by atoms with Gasteiger partial charge < -0.3 is 5.73 Å². The Balaban J connectivity index is 2.79. The second-order valence-electron chi connectivity index (χ2n) is 4.19. The van der Waals surface area contributed by atoms with Crippen molar-refractivity contribution in [3.63, 3.8) is 0 Å². The summed E-state index contributed by atoms with van der Waals surface area (Å²) in [5.74, 6) is 0.741. The van der Waals surface area contributed by atoms with Crippen molar-refractivity contribution in [1.29, 1.82) is 0 Å². The smallest absolute Gasteiger partial charge is 0.0308 e. The summed E-state index contributed by atoms with van der Waals surface area (Å²) < 4.78 is 2.38. The van der Waals surface area contributed by atoms with Crippen LogP contribution in [-0.2, 0) is 0 Å². The molecule has 1 nitrogen and oxygen atoms in total. The summed E-state index contributed by atoms with van der Waals surface area (Å²) in [6, 6.07) is 6.49. The number of nitrogens with two attached hydrogens (primary N) is 1. The molecule has 0 spiro atoms. The van der Waals surface area contributed by atoms with Gasteiger partial charge in [-0.1, -0.05) is 42.6 Å². The van der Waals surface area contributed by atoms with Gasteiger partial charge in [0, 0.05) is 14.1 Å². The highest BCUT2D eigenvalue weighted by Gasteiger charge is 2.14. The fourth-order valence-corrected chi connectivity index (χ4v) is 3.02. The number of hydrogen-bond donors (Lipinski definition) is 1. The molecule has 0 aliphatic carbocycles. The van der Waals surface area contributed by atoms with Crippen molar-refractivity contribution >= 4 is 38.5 Å². The largest absolute Gasteiger partial charge is 0.324 e. The molecule has 1 rings (SSSR count). The minimum absolute atomic E-state index is 0.161. The quantitative estimate of drug-likeness (QED) is 0.706.